The lowest BCUT2D eigenvalue weighted by Gasteiger charge is -2.59. The number of nitrogens with one attached hydrogen (secondary N) is 3. The minimum absolute atomic E-state index is 0.00152. The van der Waals surface area contributed by atoms with Crippen molar-refractivity contribution >= 4 is 58.2 Å². The van der Waals surface area contributed by atoms with Crippen molar-refractivity contribution in [1.29, 1.82) is 0 Å². The van der Waals surface area contributed by atoms with Crippen molar-refractivity contribution in [3.8, 4) is 0 Å². The fraction of sp³-hybridized carbons (Fsp3) is 0.558. The van der Waals surface area contributed by atoms with Crippen LogP contribution in [-0.2, 0) is 58.2 Å². The zero-order valence-corrected chi connectivity index (χ0v) is 62.7. The van der Waals surface area contributed by atoms with Crippen molar-refractivity contribution < 1.29 is 85.2 Å². The summed E-state index contributed by atoms with van der Waals surface area (Å²) in [4.78, 5) is 139. The number of allylic oxidation sites excluding steroid dienone is 12. The summed E-state index contributed by atoms with van der Waals surface area (Å²) >= 11 is 0. The van der Waals surface area contributed by atoms with Crippen LogP contribution in [0.25, 0.3) is 0 Å². The summed E-state index contributed by atoms with van der Waals surface area (Å²) in [6.45, 7) is 14.3. The van der Waals surface area contributed by atoms with E-state index in [2.05, 4.69) is 32.8 Å². The van der Waals surface area contributed by atoms with Crippen LogP contribution in [0.15, 0.2) is 151 Å². The molecule has 3 amide bonds. The van der Waals surface area contributed by atoms with Gasteiger partial charge in [-0.2, -0.15) is 13.2 Å². The second kappa shape index (κ2) is 25.8. The van der Waals surface area contributed by atoms with Crippen LogP contribution < -0.4 is 16.0 Å². The molecule has 1 aromatic heterocycles. The minimum Gasteiger partial charge on any atom is -0.379 e. The van der Waals surface area contributed by atoms with Gasteiger partial charge in [-0.1, -0.05) is 130 Å². The third-order valence-corrected chi connectivity index (χ3v) is 29.7. The van der Waals surface area contributed by atoms with Gasteiger partial charge < -0.3 is 35.6 Å². The Morgan fingerprint density at radius 1 is 0.606 bits per heavy atom. The van der Waals surface area contributed by atoms with Crippen LogP contribution in [0.3, 0.4) is 0 Å². The number of aromatic nitrogens is 2. The van der Waals surface area contributed by atoms with Gasteiger partial charge in [0.1, 0.15) is 28.5 Å². The number of ether oxygens (including phenoxy) is 2. The van der Waals surface area contributed by atoms with Crippen molar-refractivity contribution in [2.24, 2.45) is 79.8 Å². The highest BCUT2D eigenvalue weighted by Crippen LogP contribution is 2.73. The monoisotopic (exact) mass is 1500 g/mol. The second-order valence-electron chi connectivity index (χ2n) is 35.5. The van der Waals surface area contributed by atoms with Crippen molar-refractivity contribution in [2.75, 3.05) is 6.54 Å². The Kier molecular flexibility index (Phi) is 18.0. The van der Waals surface area contributed by atoms with E-state index in [1.165, 1.54) is 61.1 Å². The maximum atomic E-state index is 17.4. The van der Waals surface area contributed by atoms with Crippen LogP contribution in [0, 0.1) is 79.8 Å². The van der Waals surface area contributed by atoms with Gasteiger partial charge in [0.05, 0.1) is 24.4 Å². The molecular weight excluding hydrogens is 1400 g/mol. The highest BCUT2D eigenvalue weighted by Gasteiger charge is 2.81. The van der Waals surface area contributed by atoms with Crippen molar-refractivity contribution in [1.82, 2.24) is 25.9 Å². The van der Waals surface area contributed by atoms with Gasteiger partial charge in [-0.15, -0.1) is 0 Å². The average Bonchev–Trinajstić information content (AvgIpc) is 1.55. The number of benzene rings is 2. The second-order valence-corrected chi connectivity index (χ2v) is 35.5. The molecule has 20 atom stereocenters. The summed E-state index contributed by atoms with van der Waals surface area (Å²) in [6, 6.07) is 14.8. The van der Waals surface area contributed by atoms with Crippen LogP contribution in [0.1, 0.15) is 186 Å². The number of hydrogen-bond acceptors (Lipinski definition) is 16. The summed E-state index contributed by atoms with van der Waals surface area (Å²) in [6.07, 6.45) is 20.4. The van der Waals surface area contributed by atoms with Gasteiger partial charge in [-0.25, -0.2) is 9.37 Å². The zero-order chi connectivity index (χ0) is 78.0. The third kappa shape index (κ3) is 11.3. The number of alkyl halides is 4. The molecule has 14 unspecified atom stereocenters. The average molecular weight is 1500 g/mol. The van der Waals surface area contributed by atoms with Crippen LogP contribution in [0.2, 0.25) is 0 Å². The number of hydrogen-bond donors (Lipinski definition) is 5. The van der Waals surface area contributed by atoms with E-state index in [0.717, 1.165) is 48.8 Å². The summed E-state index contributed by atoms with van der Waals surface area (Å²) in [5.41, 5.74) is -9.53. The SMILES string of the molecule is CC1(C)O[C@@H]2CC3C4CCC5=CC(=O)C=CC5(C)[C@@]4(F)C(=O)CC3(C)[C@]2(C(=O)CNC(=O)c2cnccn2)O1.CC12C=CC(=O)C=C1CCC1C2C(=O)CC2(C)C1CC[C@]2(O)C(=O)NC1(c2ccccc2)CC1.CC12C=CC(=O)C=C1CCC1C2C(=O)CC2(C)C1CC[C@]2(O)C(=O)N[C@@H](c1ccccc1)C(F)(F)F. The molecule has 5 N–H and O–H groups in total. The van der Waals surface area contributed by atoms with E-state index in [-0.39, 0.29) is 108 Å². The molecule has 13 aliphatic carbocycles. The van der Waals surface area contributed by atoms with Gasteiger partial charge in [-0.05, 0) is 181 Å². The van der Waals surface area contributed by atoms with Crippen LogP contribution in [0.4, 0.5) is 17.6 Å². The van der Waals surface area contributed by atoms with Crippen molar-refractivity contribution in [2.45, 2.75) is 210 Å². The Bertz CT molecular complexity index is 4590. The Labute approximate surface area is 630 Å². The summed E-state index contributed by atoms with van der Waals surface area (Å²) in [7, 11) is 0. The molecular formula is C86H95F4N5O14. The van der Waals surface area contributed by atoms with Gasteiger partial charge in [0, 0.05) is 81.9 Å². The molecule has 11 fully saturated rings. The van der Waals surface area contributed by atoms with E-state index in [1.54, 1.807) is 58.1 Å². The molecule has 17 rings (SSSR count). The summed E-state index contributed by atoms with van der Waals surface area (Å²) < 4.78 is 71.9. The minimum atomic E-state index is -4.76. The number of nitrogens with zero attached hydrogens (tertiary/aromatic N) is 2. The molecule has 23 heteroatoms. The molecule has 0 bridgehead atoms. The Morgan fingerprint density at radius 2 is 1.13 bits per heavy atom. The molecule has 1 saturated heterocycles. The predicted octanol–water partition coefficient (Wildman–Crippen LogP) is 11.5. The maximum Gasteiger partial charge on any atom is 0.412 e. The number of carbonyl (C=O) groups is 10. The third-order valence-electron chi connectivity index (χ3n) is 29.7. The van der Waals surface area contributed by atoms with Crippen molar-refractivity contribution in [3.05, 3.63) is 167 Å². The largest absolute Gasteiger partial charge is 0.412 e. The van der Waals surface area contributed by atoms with Crippen LogP contribution in [0.5, 0.6) is 0 Å². The molecule has 1 aliphatic heterocycles. The normalized spacial score (nSPS) is 40.6. The quantitative estimate of drug-likeness (QED) is 0.118. The Morgan fingerprint density at radius 3 is 1.66 bits per heavy atom. The number of rotatable bonds is 10. The molecule has 109 heavy (non-hydrogen) atoms. The Hall–Kier alpha value is -8.38. The molecule has 10 saturated carbocycles. The van der Waals surface area contributed by atoms with Gasteiger partial charge in [0.25, 0.3) is 17.7 Å². The first-order chi connectivity index (χ1) is 51.2. The lowest BCUT2D eigenvalue weighted by atomic mass is 9.45. The van der Waals surface area contributed by atoms with Gasteiger partial charge in [0.15, 0.2) is 52.0 Å². The smallest absolute Gasteiger partial charge is 0.379 e. The van der Waals surface area contributed by atoms with Crippen LogP contribution in [-0.4, -0.2) is 125 Å². The first kappa shape index (κ1) is 76.0. The zero-order valence-electron chi connectivity index (χ0n) is 62.7. The lowest BCUT2D eigenvalue weighted by molar-refractivity contribution is -0.220. The Balaban J connectivity index is 0.000000130. The lowest BCUT2D eigenvalue weighted by Crippen LogP contribution is -2.69. The maximum absolute atomic E-state index is 17.4. The fourth-order valence-electron chi connectivity index (χ4n) is 24.1. The molecule has 0 radical (unpaired) electrons. The van der Waals surface area contributed by atoms with E-state index in [0.29, 0.717) is 50.5 Å². The predicted molar refractivity (Wildman–Crippen MR) is 388 cm³/mol. The molecule has 3 aromatic rings. The summed E-state index contributed by atoms with van der Waals surface area (Å²) in [5.74, 6) is -6.22. The number of amides is 3. The van der Waals surface area contributed by atoms with Crippen molar-refractivity contribution in [3.63, 3.8) is 0 Å². The highest BCUT2D eigenvalue weighted by molar-refractivity contribution is 6.05. The molecule has 14 aliphatic rings. The molecule has 0 spiro atoms. The number of fused-ring (bicyclic) bond motifs is 17. The van der Waals surface area contributed by atoms with Gasteiger partial charge in [-0.3, -0.25) is 52.9 Å². The number of halogens is 4. The first-order valence-electron chi connectivity index (χ1n) is 38.5. The first-order valence-corrected chi connectivity index (χ1v) is 38.5. The topological polar surface area (TPSA) is 291 Å². The molecule has 2 aromatic carbocycles. The molecule has 19 nitrogen and oxygen atoms in total. The fourth-order valence-corrected chi connectivity index (χ4v) is 24.1. The van der Waals surface area contributed by atoms with E-state index in [9.17, 15) is 71.3 Å². The van der Waals surface area contributed by atoms with E-state index in [1.807, 2.05) is 63.3 Å². The van der Waals surface area contributed by atoms with E-state index < -0.39 is 126 Å². The van der Waals surface area contributed by atoms with E-state index >= 15 is 4.39 Å². The molecule has 2 heterocycles. The summed E-state index contributed by atoms with van der Waals surface area (Å²) in [5, 5.41) is 31.6. The standard InChI is InChI=1S/C29H32FN3O6.C29H33NO4.C28H30F3NO4/c1-25(2)38-23-12-19-18-6-5-16-11-17(34)7-8-26(16,3)28(18,30)21(35)13-27(19,4)29(23,39-25)22(36)15-33-24(37)20-14-31-9-10-32-20;1-26-12-10-20(31)16-19(26)8-9-21-22-11-13-29(34,27(22,2)17-23(32)24(21)26)25(33)30-28(14-15-28)18-6-4-3-5-7-18;1-25-12-10-18(33)14-17(25)8-9-19-20-11-13-27(36,26(20,2)15-21(34)22(19)25)24(35)32-23(28(29,30)31)16-6-4-3-5-7-16/h7-11,14,18-19,23H,5-6,12-13,15H2,1-4H3,(H,33,37);3-7,10,12,16,21-22,24,34H,8-9,11,13-15,17H2,1-2H3,(H,30,33);3-7,10,12,14,19-20,22-23,36H,8-9,11,13,15H2,1-2H3,(H,32,35)/t18?,19?,23-,26?,27?,28+,29-;21?,22?,24?,26?,27?,29-;19?,20?,22?,23-,25?,26?,27-/m100/s1. The number of carbonyl (C=O) groups excluding carboxylic acids is 10. The number of aliphatic hydroxyl groups is 2. The van der Waals surface area contributed by atoms with Gasteiger partial charge >= 0.3 is 6.18 Å². The van der Waals surface area contributed by atoms with Crippen LogP contribution >= 0.6 is 0 Å². The van der Waals surface area contributed by atoms with E-state index in [4.69, 9.17) is 9.47 Å². The van der Waals surface area contributed by atoms with Gasteiger partial charge in [0.2, 0.25) is 0 Å². The highest BCUT2D eigenvalue weighted by atomic mass is 19.4. The number of ketones is 7. The molecule has 576 valence electrons. The number of Topliss-reactive ketones (excluding diaryl/α,β-unsaturated/α-hetero) is 4.